The Kier molecular flexibility index (Phi) is 3.49. The van der Waals surface area contributed by atoms with Crippen LogP contribution in [0, 0.1) is 16.7 Å². The van der Waals surface area contributed by atoms with Gasteiger partial charge in [0.2, 0.25) is 0 Å². The molecule has 7 heteroatoms. The number of hydrogen-bond acceptors (Lipinski definition) is 5. The zero-order chi connectivity index (χ0) is 22.0. The van der Waals surface area contributed by atoms with E-state index in [1.54, 1.807) is 14.2 Å². The number of nitrogens with one attached hydrogen (secondary N) is 1. The van der Waals surface area contributed by atoms with Crippen LogP contribution in [-0.2, 0) is 16.6 Å². The lowest BCUT2D eigenvalue weighted by atomic mass is 9.36. The van der Waals surface area contributed by atoms with E-state index in [9.17, 15) is 5.11 Å². The minimum atomic E-state index is -0.965. The number of fused-ring (bicyclic) bond motifs is 1. The Bertz CT molecular complexity index is 1030. The molecule has 4 aliphatic carbocycles. The molecular formula is C24H31N3O4. The van der Waals surface area contributed by atoms with Gasteiger partial charge in [-0.1, -0.05) is 18.2 Å². The number of hydrogen-bond donors (Lipinski definition) is 3. The van der Waals surface area contributed by atoms with Crippen LogP contribution in [0.1, 0.15) is 37.8 Å². The summed E-state index contributed by atoms with van der Waals surface area (Å²) >= 11 is 0. The maximum Gasteiger partial charge on any atom is 0.188 e. The molecule has 0 aromatic heterocycles. The molecule has 1 saturated carbocycles. The molecule has 6 aliphatic rings. The number of piperidine rings is 1. The molecule has 166 valence electrons. The van der Waals surface area contributed by atoms with Crippen LogP contribution in [0.25, 0.3) is 0 Å². The fraction of sp³-hybridized carbons (Fsp3) is 0.625. The van der Waals surface area contributed by atoms with Crippen molar-refractivity contribution in [3.05, 3.63) is 35.4 Å². The van der Waals surface area contributed by atoms with E-state index in [0.717, 1.165) is 30.8 Å². The average Bonchev–Trinajstić information content (AvgIpc) is 3.09. The summed E-state index contributed by atoms with van der Waals surface area (Å²) in [7, 11) is 3.41. The topological polar surface area (TPSA) is 101 Å². The van der Waals surface area contributed by atoms with Gasteiger partial charge in [0.15, 0.2) is 17.5 Å². The van der Waals surface area contributed by atoms with Gasteiger partial charge in [0.05, 0.1) is 18.1 Å². The Morgan fingerprint density at radius 1 is 1.32 bits per heavy atom. The van der Waals surface area contributed by atoms with Crippen molar-refractivity contribution in [3.63, 3.8) is 0 Å². The average molecular weight is 426 g/mol. The molecule has 2 spiro atoms. The largest absolute Gasteiger partial charge is 0.493 e. The fourth-order valence-corrected chi connectivity index (χ4v) is 8.08. The van der Waals surface area contributed by atoms with Gasteiger partial charge in [0, 0.05) is 36.6 Å². The smallest absolute Gasteiger partial charge is 0.188 e. The second-order valence-electron chi connectivity index (χ2n) is 10.5. The number of likely N-dealkylation sites (tertiary alicyclic amines) is 1. The number of benzene rings is 1. The molecular weight excluding hydrogens is 394 g/mol. The molecule has 1 aromatic carbocycles. The molecule has 0 radical (unpaired) electrons. The summed E-state index contributed by atoms with van der Waals surface area (Å²) in [6.07, 6.45) is 6.53. The Labute approximate surface area is 182 Å². The van der Waals surface area contributed by atoms with Gasteiger partial charge in [0.1, 0.15) is 11.7 Å². The standard InChI is InChI=1S/C24H31N3O4/c1-21(2,28)15-12-22-7-8-24(15,30-4)19-23(22)9-10-27(20(25)26)16(22)11-13-5-6-14(29-3)18(31-19)17(13)23/h5-8,15-16,19,28H,9-12H2,1-4H3,(H3,25,26)/t15-,16-,19-,22-,23+,24-/m1/s1. The molecule has 7 rings (SSSR count). The van der Waals surface area contributed by atoms with E-state index in [-0.39, 0.29) is 34.9 Å². The molecule has 2 fully saturated rings. The predicted octanol–water partition coefficient (Wildman–Crippen LogP) is 1.95. The van der Waals surface area contributed by atoms with E-state index < -0.39 is 11.2 Å². The lowest BCUT2D eigenvalue weighted by Crippen LogP contribution is -2.81. The van der Waals surface area contributed by atoms with Crippen molar-refractivity contribution < 1.29 is 19.3 Å². The summed E-state index contributed by atoms with van der Waals surface area (Å²) < 4.78 is 18.8. The lowest BCUT2D eigenvalue weighted by Gasteiger charge is -2.72. The highest BCUT2D eigenvalue weighted by molar-refractivity contribution is 5.77. The van der Waals surface area contributed by atoms with Gasteiger partial charge in [-0.05, 0) is 44.7 Å². The molecule has 4 N–H and O–H groups in total. The number of nitrogens with two attached hydrogens (primary N) is 1. The fourth-order valence-electron chi connectivity index (χ4n) is 8.08. The van der Waals surface area contributed by atoms with Crippen molar-refractivity contribution in [3.8, 4) is 11.5 Å². The molecule has 1 saturated heterocycles. The van der Waals surface area contributed by atoms with Crippen molar-refractivity contribution >= 4 is 5.96 Å². The van der Waals surface area contributed by atoms with Crippen LogP contribution >= 0.6 is 0 Å². The van der Waals surface area contributed by atoms with Gasteiger partial charge < -0.3 is 30.0 Å². The van der Waals surface area contributed by atoms with Crippen molar-refractivity contribution in [1.29, 1.82) is 5.41 Å². The Balaban J connectivity index is 1.70. The SMILES string of the molecule is COc1ccc2c3c1O[C@H]1[C@@]4(OC)C=C[C@@]5(C[C@@H]4C(C)(C)O)[C@@H](C2)N(C(=N)N)CC[C@]315. The summed E-state index contributed by atoms with van der Waals surface area (Å²) in [4.78, 5) is 2.06. The second-order valence-corrected chi connectivity index (χ2v) is 10.5. The number of rotatable bonds is 3. The van der Waals surface area contributed by atoms with E-state index in [1.807, 2.05) is 19.9 Å². The quantitative estimate of drug-likeness (QED) is 0.389. The van der Waals surface area contributed by atoms with Crippen molar-refractivity contribution in [2.24, 2.45) is 17.1 Å². The van der Waals surface area contributed by atoms with Gasteiger partial charge in [-0.3, -0.25) is 5.41 Å². The summed E-state index contributed by atoms with van der Waals surface area (Å²) in [6.45, 7) is 4.44. The molecule has 0 amide bonds. The van der Waals surface area contributed by atoms with E-state index in [4.69, 9.17) is 25.4 Å². The van der Waals surface area contributed by atoms with Crippen LogP contribution in [0.15, 0.2) is 24.3 Å². The monoisotopic (exact) mass is 425 g/mol. The number of nitrogens with zero attached hydrogens (tertiary/aromatic N) is 1. The van der Waals surface area contributed by atoms with Gasteiger partial charge in [0.25, 0.3) is 0 Å². The van der Waals surface area contributed by atoms with Gasteiger partial charge >= 0.3 is 0 Å². The van der Waals surface area contributed by atoms with E-state index in [0.29, 0.717) is 6.54 Å². The summed E-state index contributed by atoms with van der Waals surface area (Å²) in [5, 5.41) is 19.6. The number of methoxy groups -OCH3 is 2. The number of aliphatic hydroxyl groups is 1. The molecule has 6 atom stereocenters. The first kappa shape index (κ1) is 19.4. The Morgan fingerprint density at radius 3 is 2.74 bits per heavy atom. The van der Waals surface area contributed by atoms with E-state index >= 15 is 0 Å². The van der Waals surface area contributed by atoms with Crippen molar-refractivity contribution in [1.82, 2.24) is 4.90 Å². The first-order valence-electron chi connectivity index (χ1n) is 11.1. The van der Waals surface area contributed by atoms with Crippen LogP contribution in [0.2, 0.25) is 0 Å². The van der Waals surface area contributed by atoms with Crippen LogP contribution in [0.3, 0.4) is 0 Å². The highest BCUT2D eigenvalue weighted by Gasteiger charge is 2.80. The molecule has 2 aliphatic heterocycles. The molecule has 7 nitrogen and oxygen atoms in total. The minimum absolute atomic E-state index is 0.0351. The highest BCUT2D eigenvalue weighted by Crippen LogP contribution is 2.75. The maximum atomic E-state index is 11.3. The van der Waals surface area contributed by atoms with Crippen LogP contribution in [0.5, 0.6) is 11.5 Å². The van der Waals surface area contributed by atoms with Crippen LogP contribution < -0.4 is 15.2 Å². The lowest BCUT2D eigenvalue weighted by molar-refractivity contribution is -0.241. The van der Waals surface area contributed by atoms with Gasteiger partial charge in [-0.2, -0.15) is 0 Å². The Hall–Kier alpha value is -2.25. The van der Waals surface area contributed by atoms with Crippen molar-refractivity contribution in [2.45, 2.75) is 61.9 Å². The normalized spacial score (nSPS) is 41.1. The first-order chi connectivity index (χ1) is 14.7. The minimum Gasteiger partial charge on any atom is -0.493 e. The number of guanidine groups is 1. The molecule has 0 unspecified atom stereocenters. The summed E-state index contributed by atoms with van der Waals surface area (Å²) in [5.41, 5.74) is 6.26. The summed E-state index contributed by atoms with van der Waals surface area (Å²) in [5.74, 6) is 1.52. The third kappa shape index (κ3) is 1.89. The molecule has 1 aromatic rings. The number of ether oxygens (including phenoxy) is 3. The molecule has 4 bridgehead atoms. The third-order valence-corrected chi connectivity index (χ3v) is 9.17. The summed E-state index contributed by atoms with van der Waals surface area (Å²) in [6, 6.07) is 4.16. The van der Waals surface area contributed by atoms with E-state index in [1.165, 1.54) is 11.1 Å². The molecule has 31 heavy (non-hydrogen) atoms. The van der Waals surface area contributed by atoms with E-state index in [2.05, 4.69) is 23.1 Å². The highest BCUT2D eigenvalue weighted by atomic mass is 16.6. The second kappa shape index (κ2) is 5.56. The third-order valence-electron chi connectivity index (χ3n) is 9.17. The molecule has 2 heterocycles. The van der Waals surface area contributed by atoms with Crippen molar-refractivity contribution in [2.75, 3.05) is 20.8 Å². The zero-order valence-corrected chi connectivity index (χ0v) is 18.6. The van der Waals surface area contributed by atoms with Gasteiger partial charge in [-0.15, -0.1) is 0 Å². The maximum absolute atomic E-state index is 11.3. The predicted molar refractivity (Wildman–Crippen MR) is 116 cm³/mol. The van der Waals surface area contributed by atoms with Gasteiger partial charge in [-0.25, -0.2) is 0 Å². The van der Waals surface area contributed by atoms with Crippen LogP contribution in [-0.4, -0.2) is 60.1 Å². The zero-order valence-electron chi connectivity index (χ0n) is 18.6. The first-order valence-corrected chi connectivity index (χ1v) is 11.1. The Morgan fingerprint density at radius 2 is 2.10 bits per heavy atom. The van der Waals surface area contributed by atoms with Crippen LogP contribution in [0.4, 0.5) is 0 Å².